The van der Waals surface area contributed by atoms with Gasteiger partial charge in [-0.3, -0.25) is 0 Å². The van der Waals surface area contributed by atoms with Gasteiger partial charge < -0.3 is 5.32 Å². The van der Waals surface area contributed by atoms with Gasteiger partial charge in [-0.25, -0.2) is 9.97 Å². The van der Waals surface area contributed by atoms with Crippen LogP contribution in [0.1, 0.15) is 37.7 Å². The molecule has 20 heavy (non-hydrogen) atoms. The minimum Gasteiger partial charge on any atom is -0.363 e. The highest BCUT2D eigenvalue weighted by Gasteiger charge is 2.08. The molecule has 1 unspecified atom stereocenters. The number of hydrogen-bond acceptors (Lipinski definition) is 3. The molecule has 1 aromatic heterocycles. The number of nitrogens with one attached hydrogen (secondary N) is 1. The van der Waals surface area contributed by atoms with E-state index < -0.39 is 0 Å². The number of hydrogen-bond donors (Lipinski definition) is 1. The molecule has 0 aliphatic heterocycles. The predicted molar refractivity (Wildman–Crippen MR) is 84.5 cm³/mol. The van der Waals surface area contributed by atoms with E-state index in [9.17, 15) is 0 Å². The highest BCUT2D eigenvalue weighted by atomic mass is 35.5. The van der Waals surface area contributed by atoms with Crippen LogP contribution in [0.5, 0.6) is 0 Å². The van der Waals surface area contributed by atoms with Crippen molar-refractivity contribution in [2.45, 2.75) is 32.7 Å². The third-order valence-corrected chi connectivity index (χ3v) is 3.39. The van der Waals surface area contributed by atoms with Gasteiger partial charge in [-0.15, -0.1) is 0 Å². The molecule has 2 rings (SSSR count). The topological polar surface area (TPSA) is 37.8 Å². The summed E-state index contributed by atoms with van der Waals surface area (Å²) >= 11 is 11.9. The zero-order valence-electron chi connectivity index (χ0n) is 11.5. The lowest BCUT2D eigenvalue weighted by Gasteiger charge is -2.15. The second-order valence-corrected chi connectivity index (χ2v) is 5.48. The lowest BCUT2D eigenvalue weighted by atomic mass is 10.1. The second kappa shape index (κ2) is 6.91. The van der Waals surface area contributed by atoms with Crippen LogP contribution in [0.4, 0.5) is 5.82 Å². The van der Waals surface area contributed by atoms with Crippen molar-refractivity contribution >= 4 is 29.0 Å². The highest BCUT2D eigenvalue weighted by molar-refractivity contribution is 6.30. The smallest absolute Gasteiger partial charge is 0.134 e. The minimum atomic E-state index is 0.118. The summed E-state index contributed by atoms with van der Waals surface area (Å²) < 4.78 is 0. The monoisotopic (exact) mass is 309 g/mol. The van der Waals surface area contributed by atoms with Crippen molar-refractivity contribution in [3.63, 3.8) is 0 Å². The molecular formula is C15H17Cl2N3. The first-order valence-corrected chi connectivity index (χ1v) is 7.39. The summed E-state index contributed by atoms with van der Waals surface area (Å²) in [5.41, 5.74) is 1.14. The van der Waals surface area contributed by atoms with Crippen LogP contribution in [0.25, 0.3) is 0 Å². The highest BCUT2D eigenvalue weighted by Crippen LogP contribution is 2.21. The fourth-order valence-corrected chi connectivity index (χ4v) is 2.26. The third kappa shape index (κ3) is 4.09. The molecule has 2 aromatic rings. The summed E-state index contributed by atoms with van der Waals surface area (Å²) in [7, 11) is 0. The number of anilines is 1. The Kier molecular flexibility index (Phi) is 5.21. The Morgan fingerprint density at radius 2 is 1.85 bits per heavy atom. The summed E-state index contributed by atoms with van der Waals surface area (Å²) in [6, 6.07) is 9.61. The van der Waals surface area contributed by atoms with Crippen LogP contribution in [-0.4, -0.2) is 9.97 Å². The normalized spacial score (nSPS) is 12.2. The molecule has 0 fully saturated rings. The second-order valence-electron chi connectivity index (χ2n) is 4.66. The maximum Gasteiger partial charge on any atom is 0.134 e. The van der Waals surface area contributed by atoms with Gasteiger partial charge in [0.15, 0.2) is 0 Å². The molecule has 0 aliphatic rings. The molecule has 5 heteroatoms. The fraction of sp³-hybridized carbons (Fsp3) is 0.333. The standard InChI is InChI=1S/C15H17Cl2N3/c1-3-4-14-19-13(17)9-15(20-14)18-10(2)11-5-7-12(16)8-6-11/h5-10H,3-4H2,1-2H3,(H,18,19,20). The first kappa shape index (κ1) is 15.1. The SMILES string of the molecule is CCCc1nc(Cl)cc(NC(C)c2ccc(Cl)cc2)n1. The van der Waals surface area contributed by atoms with Crippen LogP contribution in [0.2, 0.25) is 10.2 Å². The van der Waals surface area contributed by atoms with Crippen molar-refractivity contribution in [3.05, 3.63) is 51.9 Å². The van der Waals surface area contributed by atoms with E-state index in [1.807, 2.05) is 24.3 Å². The molecular weight excluding hydrogens is 293 g/mol. The average molecular weight is 310 g/mol. The molecule has 0 saturated heterocycles. The van der Waals surface area contributed by atoms with Gasteiger partial charge in [-0.1, -0.05) is 42.3 Å². The first-order chi connectivity index (χ1) is 9.58. The van der Waals surface area contributed by atoms with Crippen molar-refractivity contribution in [2.24, 2.45) is 0 Å². The van der Waals surface area contributed by atoms with Gasteiger partial charge in [0, 0.05) is 23.6 Å². The number of aryl methyl sites for hydroxylation is 1. The van der Waals surface area contributed by atoms with Crippen LogP contribution in [-0.2, 0) is 6.42 Å². The van der Waals surface area contributed by atoms with E-state index in [-0.39, 0.29) is 6.04 Å². The van der Waals surface area contributed by atoms with Crippen molar-refractivity contribution in [3.8, 4) is 0 Å². The van der Waals surface area contributed by atoms with Gasteiger partial charge in [-0.2, -0.15) is 0 Å². The van der Waals surface area contributed by atoms with E-state index in [0.29, 0.717) is 5.15 Å². The molecule has 1 atom stereocenters. The Bertz CT molecular complexity index is 570. The van der Waals surface area contributed by atoms with E-state index in [4.69, 9.17) is 23.2 Å². The molecule has 0 radical (unpaired) electrons. The van der Waals surface area contributed by atoms with E-state index in [1.165, 1.54) is 0 Å². The van der Waals surface area contributed by atoms with Crippen LogP contribution < -0.4 is 5.32 Å². The molecule has 0 aliphatic carbocycles. The quantitative estimate of drug-likeness (QED) is 0.797. The van der Waals surface area contributed by atoms with E-state index >= 15 is 0 Å². The van der Waals surface area contributed by atoms with Gasteiger partial charge in [0.25, 0.3) is 0 Å². The molecule has 0 amide bonds. The van der Waals surface area contributed by atoms with Gasteiger partial charge >= 0.3 is 0 Å². The lowest BCUT2D eigenvalue weighted by Crippen LogP contribution is -2.09. The number of aromatic nitrogens is 2. The van der Waals surface area contributed by atoms with Gasteiger partial charge in [0.05, 0.1) is 0 Å². The summed E-state index contributed by atoms with van der Waals surface area (Å²) in [4.78, 5) is 8.69. The summed E-state index contributed by atoms with van der Waals surface area (Å²) in [6.07, 6.45) is 1.82. The van der Waals surface area contributed by atoms with Crippen LogP contribution in [0.3, 0.4) is 0 Å². The Morgan fingerprint density at radius 3 is 2.50 bits per heavy atom. The Morgan fingerprint density at radius 1 is 1.15 bits per heavy atom. The van der Waals surface area contributed by atoms with E-state index in [1.54, 1.807) is 6.07 Å². The molecule has 0 spiro atoms. The van der Waals surface area contributed by atoms with Crippen LogP contribution in [0, 0.1) is 0 Å². The summed E-state index contributed by atoms with van der Waals surface area (Å²) in [5, 5.41) is 4.54. The largest absolute Gasteiger partial charge is 0.363 e. The van der Waals surface area contributed by atoms with Crippen LogP contribution >= 0.6 is 23.2 Å². The van der Waals surface area contributed by atoms with Crippen molar-refractivity contribution in [1.29, 1.82) is 0 Å². The maximum atomic E-state index is 6.03. The van der Waals surface area contributed by atoms with E-state index in [2.05, 4.69) is 29.1 Å². The Hall–Kier alpha value is -1.32. The molecule has 106 valence electrons. The molecule has 1 N–H and O–H groups in total. The number of rotatable bonds is 5. The molecule has 3 nitrogen and oxygen atoms in total. The minimum absolute atomic E-state index is 0.118. The zero-order chi connectivity index (χ0) is 14.5. The van der Waals surface area contributed by atoms with Crippen molar-refractivity contribution < 1.29 is 0 Å². The fourth-order valence-electron chi connectivity index (χ4n) is 1.93. The Balaban J connectivity index is 2.14. The molecule has 0 bridgehead atoms. The first-order valence-electron chi connectivity index (χ1n) is 6.64. The number of nitrogens with zero attached hydrogens (tertiary/aromatic N) is 2. The summed E-state index contributed by atoms with van der Waals surface area (Å²) in [6.45, 7) is 4.16. The zero-order valence-corrected chi connectivity index (χ0v) is 13.0. The number of benzene rings is 1. The van der Waals surface area contributed by atoms with E-state index in [0.717, 1.165) is 35.1 Å². The maximum absolute atomic E-state index is 6.03. The van der Waals surface area contributed by atoms with Gasteiger partial charge in [-0.05, 0) is 31.0 Å². The van der Waals surface area contributed by atoms with Crippen molar-refractivity contribution in [1.82, 2.24) is 9.97 Å². The molecule has 1 heterocycles. The Labute approximate surface area is 129 Å². The van der Waals surface area contributed by atoms with Crippen LogP contribution in [0.15, 0.2) is 30.3 Å². The third-order valence-electron chi connectivity index (χ3n) is 2.95. The number of halogens is 2. The van der Waals surface area contributed by atoms with Gasteiger partial charge in [0.1, 0.15) is 16.8 Å². The predicted octanol–water partition coefficient (Wildman–Crippen LogP) is 4.91. The molecule has 1 aromatic carbocycles. The summed E-state index contributed by atoms with van der Waals surface area (Å²) in [5.74, 6) is 1.52. The lowest BCUT2D eigenvalue weighted by molar-refractivity contribution is 0.819. The average Bonchev–Trinajstić information content (AvgIpc) is 2.39. The van der Waals surface area contributed by atoms with Gasteiger partial charge in [0.2, 0.25) is 0 Å². The molecule has 0 saturated carbocycles. The van der Waals surface area contributed by atoms with Crippen molar-refractivity contribution in [2.75, 3.05) is 5.32 Å².